The summed E-state index contributed by atoms with van der Waals surface area (Å²) in [7, 11) is 0. The molecule has 18 heavy (non-hydrogen) atoms. The Morgan fingerprint density at radius 2 is 2.17 bits per heavy atom. The van der Waals surface area contributed by atoms with E-state index in [1.54, 1.807) is 0 Å². The molecule has 3 nitrogen and oxygen atoms in total. The van der Waals surface area contributed by atoms with E-state index in [-0.39, 0.29) is 0 Å². The van der Waals surface area contributed by atoms with Gasteiger partial charge in [-0.2, -0.15) is 5.26 Å². The summed E-state index contributed by atoms with van der Waals surface area (Å²) in [6.45, 7) is 14.2. The minimum atomic E-state index is -0.393. The zero-order valence-electron chi connectivity index (χ0n) is 12.7. The molecule has 1 aliphatic rings. The van der Waals surface area contributed by atoms with Gasteiger partial charge >= 0.3 is 0 Å². The maximum Gasteiger partial charge on any atom is 0.105 e. The fourth-order valence-electron chi connectivity index (χ4n) is 3.11. The molecule has 0 spiro atoms. The summed E-state index contributed by atoms with van der Waals surface area (Å²) in [4.78, 5) is 2.55. The zero-order valence-corrected chi connectivity index (χ0v) is 12.7. The predicted molar refractivity (Wildman–Crippen MR) is 76.4 cm³/mol. The van der Waals surface area contributed by atoms with Crippen molar-refractivity contribution >= 4 is 0 Å². The van der Waals surface area contributed by atoms with Crippen molar-refractivity contribution in [1.29, 1.82) is 5.26 Å². The largest absolute Gasteiger partial charge is 0.300 e. The Balaban J connectivity index is 2.59. The Labute approximate surface area is 113 Å². The van der Waals surface area contributed by atoms with Crippen LogP contribution in [0, 0.1) is 16.7 Å². The number of rotatable bonds is 5. The van der Waals surface area contributed by atoms with Gasteiger partial charge in [-0.3, -0.25) is 5.32 Å². The minimum absolute atomic E-state index is 0.393. The van der Waals surface area contributed by atoms with Crippen molar-refractivity contribution in [1.82, 2.24) is 10.2 Å². The highest BCUT2D eigenvalue weighted by molar-refractivity contribution is 5.05. The number of likely N-dealkylation sites (tertiary alicyclic amines) is 1. The van der Waals surface area contributed by atoms with Crippen LogP contribution in [0.3, 0.4) is 0 Å². The second kappa shape index (κ2) is 6.04. The lowest BCUT2D eigenvalue weighted by Gasteiger charge is -2.42. The summed E-state index contributed by atoms with van der Waals surface area (Å²) < 4.78 is 0. The lowest BCUT2D eigenvalue weighted by Crippen LogP contribution is -2.50. The molecule has 1 saturated heterocycles. The highest BCUT2D eigenvalue weighted by Crippen LogP contribution is 2.30. The van der Waals surface area contributed by atoms with E-state index in [0.29, 0.717) is 11.5 Å². The number of piperidine rings is 1. The van der Waals surface area contributed by atoms with Gasteiger partial charge in [0.05, 0.1) is 6.07 Å². The molecular formula is C15H29N3. The van der Waals surface area contributed by atoms with Crippen LogP contribution in [0.1, 0.15) is 53.9 Å². The van der Waals surface area contributed by atoms with Gasteiger partial charge in [0.15, 0.2) is 0 Å². The predicted octanol–water partition coefficient (Wildman–Crippen LogP) is 2.78. The van der Waals surface area contributed by atoms with Crippen molar-refractivity contribution in [2.75, 3.05) is 19.6 Å². The summed E-state index contributed by atoms with van der Waals surface area (Å²) >= 11 is 0. The van der Waals surface area contributed by atoms with Crippen LogP contribution in [0.15, 0.2) is 0 Å². The van der Waals surface area contributed by atoms with E-state index in [4.69, 9.17) is 0 Å². The maximum atomic E-state index is 9.34. The molecule has 0 aliphatic carbocycles. The SMILES string of the molecule is CCNC(C)(C#N)CC(C)N1CCCC(C)(C)C1. The van der Waals surface area contributed by atoms with Gasteiger partial charge in [-0.15, -0.1) is 0 Å². The van der Waals surface area contributed by atoms with Crippen molar-refractivity contribution in [2.24, 2.45) is 5.41 Å². The molecule has 2 unspecified atom stereocenters. The van der Waals surface area contributed by atoms with E-state index in [1.807, 2.05) is 6.92 Å². The van der Waals surface area contributed by atoms with Crippen LogP contribution < -0.4 is 5.32 Å². The monoisotopic (exact) mass is 251 g/mol. The number of nitrogens with one attached hydrogen (secondary N) is 1. The van der Waals surface area contributed by atoms with Crippen LogP contribution in [0.25, 0.3) is 0 Å². The van der Waals surface area contributed by atoms with Gasteiger partial charge in [0.2, 0.25) is 0 Å². The number of nitrogens with zero attached hydrogens (tertiary/aromatic N) is 2. The molecule has 2 atom stereocenters. The molecule has 0 aromatic rings. The quantitative estimate of drug-likeness (QED) is 0.816. The Hall–Kier alpha value is -0.590. The molecule has 1 fully saturated rings. The lowest BCUT2D eigenvalue weighted by atomic mass is 9.82. The third kappa shape index (κ3) is 4.26. The molecule has 0 aromatic carbocycles. The number of hydrogen-bond donors (Lipinski definition) is 1. The molecule has 1 aliphatic heterocycles. The first-order valence-corrected chi connectivity index (χ1v) is 7.22. The fraction of sp³-hybridized carbons (Fsp3) is 0.933. The van der Waals surface area contributed by atoms with Crippen molar-refractivity contribution in [3.05, 3.63) is 0 Å². The Morgan fingerprint density at radius 3 is 2.67 bits per heavy atom. The van der Waals surface area contributed by atoms with E-state index in [9.17, 15) is 5.26 Å². The minimum Gasteiger partial charge on any atom is -0.300 e. The highest BCUT2D eigenvalue weighted by Gasteiger charge is 2.32. The first-order valence-electron chi connectivity index (χ1n) is 7.22. The number of nitriles is 1. The van der Waals surface area contributed by atoms with Crippen LogP contribution in [0.4, 0.5) is 0 Å². The second-order valence-electron chi connectivity index (χ2n) is 6.77. The van der Waals surface area contributed by atoms with E-state index in [1.165, 1.54) is 19.4 Å². The molecule has 1 N–H and O–H groups in total. The third-order valence-corrected chi connectivity index (χ3v) is 4.07. The number of hydrogen-bond acceptors (Lipinski definition) is 3. The van der Waals surface area contributed by atoms with Gasteiger partial charge in [0.25, 0.3) is 0 Å². The molecule has 0 aromatic heterocycles. The van der Waals surface area contributed by atoms with Crippen LogP contribution in [0.2, 0.25) is 0 Å². The topological polar surface area (TPSA) is 39.1 Å². The molecule has 1 rings (SSSR count). The zero-order chi connectivity index (χ0) is 13.8. The lowest BCUT2D eigenvalue weighted by molar-refractivity contribution is 0.0734. The van der Waals surface area contributed by atoms with Crippen LogP contribution in [-0.2, 0) is 0 Å². The summed E-state index contributed by atoms with van der Waals surface area (Å²) in [5.74, 6) is 0. The summed E-state index contributed by atoms with van der Waals surface area (Å²) in [5, 5.41) is 12.6. The Morgan fingerprint density at radius 1 is 1.50 bits per heavy atom. The van der Waals surface area contributed by atoms with Crippen LogP contribution >= 0.6 is 0 Å². The second-order valence-corrected chi connectivity index (χ2v) is 6.77. The molecule has 0 saturated carbocycles. The van der Waals surface area contributed by atoms with Gasteiger partial charge in [0.1, 0.15) is 5.54 Å². The standard InChI is InChI=1S/C15H29N3/c1-6-17-15(5,11-16)10-13(2)18-9-7-8-14(3,4)12-18/h13,17H,6-10,12H2,1-5H3. The van der Waals surface area contributed by atoms with E-state index in [2.05, 4.69) is 44.0 Å². The first-order chi connectivity index (χ1) is 8.32. The molecule has 3 heteroatoms. The Bertz CT molecular complexity index is 305. The van der Waals surface area contributed by atoms with Gasteiger partial charge in [0, 0.05) is 12.6 Å². The maximum absolute atomic E-state index is 9.34. The highest BCUT2D eigenvalue weighted by atomic mass is 15.2. The van der Waals surface area contributed by atoms with Gasteiger partial charge in [-0.25, -0.2) is 0 Å². The van der Waals surface area contributed by atoms with Crippen molar-refractivity contribution in [3.63, 3.8) is 0 Å². The van der Waals surface area contributed by atoms with Crippen LogP contribution in [-0.4, -0.2) is 36.1 Å². The van der Waals surface area contributed by atoms with Crippen molar-refractivity contribution in [2.45, 2.75) is 65.5 Å². The fourth-order valence-corrected chi connectivity index (χ4v) is 3.11. The third-order valence-electron chi connectivity index (χ3n) is 4.07. The van der Waals surface area contributed by atoms with Gasteiger partial charge in [-0.1, -0.05) is 20.8 Å². The van der Waals surface area contributed by atoms with E-state index in [0.717, 1.165) is 19.5 Å². The summed E-state index contributed by atoms with van der Waals surface area (Å²) in [6, 6.07) is 2.90. The average Bonchev–Trinajstić information content (AvgIpc) is 2.28. The smallest absolute Gasteiger partial charge is 0.105 e. The van der Waals surface area contributed by atoms with E-state index < -0.39 is 5.54 Å². The molecule has 0 amide bonds. The molecule has 1 heterocycles. The Kier molecular flexibility index (Phi) is 5.19. The van der Waals surface area contributed by atoms with Crippen LogP contribution in [0.5, 0.6) is 0 Å². The van der Waals surface area contributed by atoms with Gasteiger partial charge in [-0.05, 0) is 51.6 Å². The summed E-state index contributed by atoms with van der Waals surface area (Å²) in [6.07, 6.45) is 3.49. The average molecular weight is 251 g/mol. The van der Waals surface area contributed by atoms with E-state index >= 15 is 0 Å². The summed E-state index contributed by atoms with van der Waals surface area (Å²) in [5.41, 5.74) is 0.0312. The van der Waals surface area contributed by atoms with Gasteiger partial charge < -0.3 is 4.90 Å². The molecule has 104 valence electrons. The first kappa shape index (κ1) is 15.5. The van der Waals surface area contributed by atoms with Crippen molar-refractivity contribution < 1.29 is 0 Å². The molecule has 0 radical (unpaired) electrons. The van der Waals surface area contributed by atoms with Crippen molar-refractivity contribution in [3.8, 4) is 6.07 Å². The molecular weight excluding hydrogens is 222 g/mol. The molecule has 0 bridgehead atoms. The normalized spacial score (nSPS) is 25.1.